The smallest absolute Gasteiger partial charge is 0.129 e. The van der Waals surface area contributed by atoms with Crippen LogP contribution in [0, 0.1) is 5.82 Å². The first-order valence-electron chi connectivity index (χ1n) is 6.45. The van der Waals surface area contributed by atoms with Gasteiger partial charge in [-0.3, -0.25) is 10.8 Å². The van der Waals surface area contributed by atoms with Gasteiger partial charge >= 0.3 is 0 Å². The zero-order valence-corrected chi connectivity index (χ0v) is 11.8. The Labute approximate surface area is 126 Å². The first-order chi connectivity index (χ1) is 10.2. The molecule has 2 aromatic carbocycles. The van der Waals surface area contributed by atoms with Crippen LogP contribution in [0.1, 0.15) is 17.2 Å². The molecule has 0 fully saturated rings. The van der Waals surface area contributed by atoms with Crippen molar-refractivity contribution in [2.75, 3.05) is 0 Å². The number of fused-ring (bicyclic) bond motifs is 1. The third-order valence-corrected chi connectivity index (χ3v) is 3.65. The molecule has 0 aliphatic carbocycles. The molecule has 106 valence electrons. The van der Waals surface area contributed by atoms with Crippen LogP contribution in [0.4, 0.5) is 4.39 Å². The fraction of sp³-hybridized carbons (Fsp3) is 0.0625. The molecule has 0 aliphatic rings. The lowest BCUT2D eigenvalue weighted by molar-refractivity contribution is 0.561. The van der Waals surface area contributed by atoms with Gasteiger partial charge in [0.2, 0.25) is 0 Å². The number of nitrogens with two attached hydrogens (primary N) is 1. The Bertz CT molecular complexity index is 786. The molecule has 3 N–H and O–H groups in total. The van der Waals surface area contributed by atoms with Crippen molar-refractivity contribution in [3.05, 3.63) is 76.7 Å². The molecule has 0 radical (unpaired) electrons. The van der Waals surface area contributed by atoms with Crippen LogP contribution >= 0.6 is 11.6 Å². The molecular formula is C16H13ClFN3. The normalized spacial score (nSPS) is 12.5. The van der Waals surface area contributed by atoms with Crippen LogP contribution in [0.5, 0.6) is 0 Å². The molecule has 1 atom stereocenters. The monoisotopic (exact) mass is 301 g/mol. The van der Waals surface area contributed by atoms with Gasteiger partial charge in [-0.25, -0.2) is 9.82 Å². The lowest BCUT2D eigenvalue weighted by Crippen LogP contribution is -2.29. The van der Waals surface area contributed by atoms with Crippen molar-refractivity contribution in [1.29, 1.82) is 0 Å². The number of para-hydroxylation sites is 1. The van der Waals surface area contributed by atoms with E-state index in [-0.39, 0.29) is 0 Å². The van der Waals surface area contributed by atoms with Crippen LogP contribution in [-0.2, 0) is 0 Å². The number of hydrazine groups is 1. The van der Waals surface area contributed by atoms with E-state index >= 15 is 0 Å². The molecule has 0 aliphatic heterocycles. The summed E-state index contributed by atoms with van der Waals surface area (Å²) in [4.78, 5) is 4.38. The largest absolute Gasteiger partial charge is 0.271 e. The summed E-state index contributed by atoms with van der Waals surface area (Å²) in [5.41, 5.74) is 4.70. The number of pyridine rings is 1. The topological polar surface area (TPSA) is 50.9 Å². The summed E-state index contributed by atoms with van der Waals surface area (Å²) < 4.78 is 14.2. The van der Waals surface area contributed by atoms with E-state index in [1.54, 1.807) is 18.3 Å². The van der Waals surface area contributed by atoms with Gasteiger partial charge in [-0.2, -0.15) is 0 Å². The predicted molar refractivity (Wildman–Crippen MR) is 82.3 cm³/mol. The maximum Gasteiger partial charge on any atom is 0.129 e. The molecule has 3 aromatic rings. The molecule has 0 spiro atoms. The van der Waals surface area contributed by atoms with Gasteiger partial charge in [0.25, 0.3) is 0 Å². The van der Waals surface area contributed by atoms with Gasteiger partial charge in [0.15, 0.2) is 0 Å². The summed E-state index contributed by atoms with van der Waals surface area (Å²) in [5, 5.41) is 1.33. The highest BCUT2D eigenvalue weighted by molar-refractivity contribution is 6.30. The number of hydrogen-bond acceptors (Lipinski definition) is 3. The van der Waals surface area contributed by atoms with Gasteiger partial charge in [0.1, 0.15) is 5.82 Å². The predicted octanol–water partition coefficient (Wildman–Crippen LogP) is 3.58. The minimum atomic E-state index is -0.499. The second kappa shape index (κ2) is 5.77. The van der Waals surface area contributed by atoms with Crippen LogP contribution in [0.15, 0.2) is 54.7 Å². The van der Waals surface area contributed by atoms with Crippen molar-refractivity contribution in [3.8, 4) is 0 Å². The van der Waals surface area contributed by atoms with E-state index in [0.717, 1.165) is 16.5 Å². The number of nitrogens with zero attached hydrogens (tertiary/aromatic N) is 1. The van der Waals surface area contributed by atoms with Crippen LogP contribution in [0.25, 0.3) is 10.9 Å². The number of rotatable bonds is 3. The van der Waals surface area contributed by atoms with E-state index in [2.05, 4.69) is 10.4 Å². The van der Waals surface area contributed by atoms with E-state index in [1.807, 2.05) is 30.3 Å². The zero-order chi connectivity index (χ0) is 14.8. The number of hydrogen-bond donors (Lipinski definition) is 2. The van der Waals surface area contributed by atoms with Gasteiger partial charge in [0.05, 0.1) is 11.6 Å². The van der Waals surface area contributed by atoms with Gasteiger partial charge in [-0.15, -0.1) is 0 Å². The van der Waals surface area contributed by atoms with Crippen LogP contribution < -0.4 is 11.3 Å². The van der Waals surface area contributed by atoms with Crippen molar-refractivity contribution < 1.29 is 4.39 Å². The minimum absolute atomic E-state index is 0.350. The Balaban J connectivity index is 2.18. The molecule has 3 rings (SSSR count). The standard InChI is InChI=1S/C16H13ClFN3/c17-11-6-7-12(14(18)9-11)16(21-19)13-5-1-3-10-4-2-8-20-15(10)13/h1-9,16,21H,19H2. The zero-order valence-electron chi connectivity index (χ0n) is 11.1. The van der Waals surface area contributed by atoms with Crippen molar-refractivity contribution in [2.45, 2.75) is 6.04 Å². The molecule has 21 heavy (non-hydrogen) atoms. The Kier molecular flexibility index (Phi) is 3.84. The molecule has 0 bridgehead atoms. The average Bonchev–Trinajstić information content (AvgIpc) is 2.50. The van der Waals surface area contributed by atoms with E-state index in [1.165, 1.54) is 6.07 Å². The summed E-state index contributed by atoms with van der Waals surface area (Å²) in [6.07, 6.45) is 1.71. The Hall–Kier alpha value is -2.01. The Morgan fingerprint density at radius 3 is 2.67 bits per heavy atom. The third-order valence-electron chi connectivity index (χ3n) is 3.42. The molecule has 1 heterocycles. The second-order valence-corrected chi connectivity index (χ2v) is 5.12. The third kappa shape index (κ3) is 2.61. The first kappa shape index (κ1) is 13.9. The number of benzene rings is 2. The Morgan fingerprint density at radius 2 is 1.90 bits per heavy atom. The molecule has 5 heteroatoms. The highest BCUT2D eigenvalue weighted by Crippen LogP contribution is 2.29. The van der Waals surface area contributed by atoms with E-state index in [4.69, 9.17) is 17.4 Å². The fourth-order valence-electron chi connectivity index (χ4n) is 2.44. The van der Waals surface area contributed by atoms with Gasteiger partial charge in [0, 0.05) is 27.7 Å². The van der Waals surface area contributed by atoms with Gasteiger partial charge in [-0.1, -0.05) is 41.9 Å². The fourth-order valence-corrected chi connectivity index (χ4v) is 2.60. The van der Waals surface area contributed by atoms with Gasteiger partial charge < -0.3 is 0 Å². The quantitative estimate of drug-likeness (QED) is 0.574. The van der Waals surface area contributed by atoms with Crippen molar-refractivity contribution >= 4 is 22.5 Å². The molecule has 0 amide bonds. The molecule has 3 nitrogen and oxygen atoms in total. The minimum Gasteiger partial charge on any atom is -0.271 e. The van der Waals surface area contributed by atoms with E-state index in [0.29, 0.717) is 10.6 Å². The summed E-state index contributed by atoms with van der Waals surface area (Å²) in [7, 11) is 0. The van der Waals surface area contributed by atoms with E-state index < -0.39 is 11.9 Å². The molecule has 0 saturated heterocycles. The number of halogens is 2. The van der Waals surface area contributed by atoms with Crippen molar-refractivity contribution in [1.82, 2.24) is 10.4 Å². The molecule has 1 unspecified atom stereocenters. The number of nitrogens with one attached hydrogen (secondary N) is 1. The SMILES string of the molecule is NNC(c1ccc(Cl)cc1F)c1cccc2cccnc12. The van der Waals surface area contributed by atoms with Crippen molar-refractivity contribution in [2.24, 2.45) is 5.84 Å². The average molecular weight is 302 g/mol. The molecule has 1 aromatic heterocycles. The first-order valence-corrected chi connectivity index (χ1v) is 6.83. The van der Waals surface area contributed by atoms with Crippen LogP contribution in [-0.4, -0.2) is 4.98 Å². The lowest BCUT2D eigenvalue weighted by atomic mass is 9.96. The van der Waals surface area contributed by atoms with Crippen LogP contribution in [0.3, 0.4) is 0 Å². The van der Waals surface area contributed by atoms with E-state index in [9.17, 15) is 4.39 Å². The lowest BCUT2D eigenvalue weighted by Gasteiger charge is -2.19. The highest BCUT2D eigenvalue weighted by atomic mass is 35.5. The summed E-state index contributed by atoms with van der Waals surface area (Å²) >= 11 is 5.80. The summed E-state index contributed by atoms with van der Waals surface area (Å²) in [5.74, 6) is 5.25. The maximum absolute atomic E-state index is 14.2. The number of aromatic nitrogens is 1. The molecule has 0 saturated carbocycles. The van der Waals surface area contributed by atoms with Crippen LogP contribution in [0.2, 0.25) is 5.02 Å². The van der Waals surface area contributed by atoms with Crippen molar-refractivity contribution in [3.63, 3.8) is 0 Å². The summed E-state index contributed by atoms with van der Waals surface area (Å²) in [6, 6.07) is 13.6. The molecular weight excluding hydrogens is 289 g/mol. The Morgan fingerprint density at radius 1 is 1.10 bits per heavy atom. The maximum atomic E-state index is 14.2. The van der Waals surface area contributed by atoms with Gasteiger partial charge in [-0.05, 0) is 18.2 Å². The second-order valence-electron chi connectivity index (χ2n) is 4.69. The summed E-state index contributed by atoms with van der Waals surface area (Å²) in [6.45, 7) is 0. The highest BCUT2D eigenvalue weighted by Gasteiger charge is 2.19.